The van der Waals surface area contributed by atoms with Gasteiger partial charge in [-0.15, -0.1) is 0 Å². The molecule has 1 heterocycles. The molecule has 0 atom stereocenters. The maximum absolute atomic E-state index is 12.3. The van der Waals surface area contributed by atoms with Crippen LogP contribution in [0.5, 0.6) is 5.75 Å². The van der Waals surface area contributed by atoms with Gasteiger partial charge in [0, 0.05) is 37.3 Å². The smallest absolute Gasteiger partial charge is 0.233 e. The molecule has 132 valence electrons. The number of carbonyl (C=O) groups is 2. The van der Waals surface area contributed by atoms with Gasteiger partial charge < -0.3 is 19.9 Å². The van der Waals surface area contributed by atoms with Crippen molar-refractivity contribution in [3.05, 3.63) is 22.7 Å². The lowest BCUT2D eigenvalue weighted by Gasteiger charge is -2.34. The standard InChI is InChI=1S/C17H24ClN3O3/c1-4-20-5-7-21(8-6-20)17(23)11-16(22)19-14-9-12(2)13(18)10-15(14)24-3/h9-10H,4-8,11H2,1-3H3,(H,19,22). The van der Waals surface area contributed by atoms with Gasteiger partial charge in [0.25, 0.3) is 0 Å². The van der Waals surface area contributed by atoms with Gasteiger partial charge in [0.05, 0.1) is 12.8 Å². The Labute approximate surface area is 147 Å². The van der Waals surface area contributed by atoms with Crippen LogP contribution in [0.4, 0.5) is 5.69 Å². The maximum Gasteiger partial charge on any atom is 0.233 e. The molecule has 0 aromatic heterocycles. The molecule has 1 aliphatic heterocycles. The number of amides is 2. The first-order valence-corrected chi connectivity index (χ1v) is 8.46. The highest BCUT2D eigenvalue weighted by molar-refractivity contribution is 6.31. The molecule has 24 heavy (non-hydrogen) atoms. The Balaban J connectivity index is 1.94. The number of hydrogen-bond donors (Lipinski definition) is 1. The third kappa shape index (κ3) is 4.61. The number of hydrogen-bond acceptors (Lipinski definition) is 4. The molecule has 2 rings (SSSR count). The summed E-state index contributed by atoms with van der Waals surface area (Å²) in [4.78, 5) is 28.5. The van der Waals surface area contributed by atoms with Gasteiger partial charge in [-0.1, -0.05) is 18.5 Å². The normalized spacial score (nSPS) is 15.2. The molecule has 0 unspecified atom stereocenters. The fraction of sp³-hybridized carbons (Fsp3) is 0.529. The summed E-state index contributed by atoms with van der Waals surface area (Å²) in [5, 5.41) is 3.30. The van der Waals surface area contributed by atoms with Gasteiger partial charge in [-0.3, -0.25) is 9.59 Å². The average molecular weight is 354 g/mol. The van der Waals surface area contributed by atoms with Crippen LogP contribution in [0.25, 0.3) is 0 Å². The first-order chi connectivity index (χ1) is 11.4. The second kappa shape index (κ2) is 8.35. The van der Waals surface area contributed by atoms with Crippen LogP contribution in [0.3, 0.4) is 0 Å². The highest BCUT2D eigenvalue weighted by Crippen LogP contribution is 2.31. The van der Waals surface area contributed by atoms with Crippen molar-refractivity contribution in [1.82, 2.24) is 9.80 Å². The summed E-state index contributed by atoms with van der Waals surface area (Å²) in [6.07, 6.45) is -0.170. The predicted molar refractivity (Wildman–Crippen MR) is 94.7 cm³/mol. The molecule has 1 aromatic carbocycles. The monoisotopic (exact) mass is 353 g/mol. The summed E-state index contributed by atoms with van der Waals surface area (Å²) in [5.74, 6) is -0.0196. The quantitative estimate of drug-likeness (QED) is 0.824. The number of piperazine rings is 1. The van der Waals surface area contributed by atoms with E-state index in [2.05, 4.69) is 17.1 Å². The van der Waals surface area contributed by atoms with Crippen LogP contribution in [-0.4, -0.2) is 61.4 Å². The minimum absolute atomic E-state index is 0.145. The van der Waals surface area contributed by atoms with E-state index in [0.29, 0.717) is 29.5 Å². The summed E-state index contributed by atoms with van der Waals surface area (Å²) in [7, 11) is 1.51. The van der Waals surface area contributed by atoms with Crippen molar-refractivity contribution in [1.29, 1.82) is 0 Å². The van der Waals surface area contributed by atoms with Gasteiger partial charge in [0.1, 0.15) is 12.2 Å². The molecule has 7 heteroatoms. The lowest BCUT2D eigenvalue weighted by atomic mass is 10.2. The molecule has 0 spiro atoms. The molecule has 6 nitrogen and oxygen atoms in total. The Kier molecular flexibility index (Phi) is 6.45. The third-order valence-electron chi connectivity index (χ3n) is 4.24. The number of ether oxygens (including phenoxy) is 1. The van der Waals surface area contributed by atoms with E-state index in [1.54, 1.807) is 17.0 Å². The van der Waals surface area contributed by atoms with Crippen LogP contribution >= 0.6 is 11.6 Å². The summed E-state index contributed by atoms with van der Waals surface area (Å²) in [5.41, 5.74) is 1.35. The van der Waals surface area contributed by atoms with Crippen LogP contribution < -0.4 is 10.1 Å². The highest BCUT2D eigenvalue weighted by atomic mass is 35.5. The van der Waals surface area contributed by atoms with Crippen molar-refractivity contribution in [3.8, 4) is 5.75 Å². The van der Waals surface area contributed by atoms with E-state index in [1.807, 2.05) is 6.92 Å². The van der Waals surface area contributed by atoms with Crippen molar-refractivity contribution < 1.29 is 14.3 Å². The first kappa shape index (κ1) is 18.5. The molecule has 0 aliphatic carbocycles. The number of nitrogens with zero attached hydrogens (tertiary/aromatic N) is 2. The maximum atomic E-state index is 12.3. The van der Waals surface area contributed by atoms with Crippen LogP contribution in [0, 0.1) is 6.92 Å². The number of methoxy groups -OCH3 is 1. The van der Waals surface area contributed by atoms with E-state index in [1.165, 1.54) is 7.11 Å². The van der Waals surface area contributed by atoms with E-state index in [9.17, 15) is 9.59 Å². The van der Waals surface area contributed by atoms with Crippen LogP contribution in [-0.2, 0) is 9.59 Å². The van der Waals surface area contributed by atoms with Crippen LogP contribution in [0.15, 0.2) is 12.1 Å². The zero-order chi connectivity index (χ0) is 17.7. The van der Waals surface area contributed by atoms with Crippen molar-refractivity contribution in [2.24, 2.45) is 0 Å². The van der Waals surface area contributed by atoms with Gasteiger partial charge in [-0.2, -0.15) is 0 Å². The average Bonchev–Trinajstić information content (AvgIpc) is 2.57. The molecule has 0 radical (unpaired) electrons. The molecule has 2 amide bonds. The van der Waals surface area contributed by atoms with Crippen molar-refractivity contribution in [3.63, 3.8) is 0 Å². The second-order valence-corrected chi connectivity index (χ2v) is 6.25. The minimum Gasteiger partial charge on any atom is -0.495 e. The van der Waals surface area contributed by atoms with Crippen molar-refractivity contribution >= 4 is 29.1 Å². The number of benzene rings is 1. The Bertz CT molecular complexity index is 613. The predicted octanol–water partition coefficient (Wildman–Crippen LogP) is 2.15. The van der Waals surface area contributed by atoms with E-state index >= 15 is 0 Å². The van der Waals surface area contributed by atoms with Gasteiger partial charge in [-0.25, -0.2) is 0 Å². The fourth-order valence-electron chi connectivity index (χ4n) is 2.69. The van der Waals surface area contributed by atoms with E-state index < -0.39 is 0 Å². The van der Waals surface area contributed by atoms with Crippen LogP contribution in [0.2, 0.25) is 5.02 Å². The van der Waals surface area contributed by atoms with Crippen molar-refractivity contribution in [2.45, 2.75) is 20.3 Å². The molecule has 0 saturated carbocycles. The SMILES string of the molecule is CCN1CCN(C(=O)CC(=O)Nc2cc(C)c(Cl)cc2OC)CC1. The molecule has 1 fully saturated rings. The fourth-order valence-corrected chi connectivity index (χ4v) is 2.84. The number of halogens is 1. The Hall–Kier alpha value is -1.79. The van der Waals surface area contributed by atoms with Crippen molar-refractivity contribution in [2.75, 3.05) is 45.2 Å². The topological polar surface area (TPSA) is 61.9 Å². The van der Waals surface area contributed by atoms with E-state index in [4.69, 9.17) is 16.3 Å². The van der Waals surface area contributed by atoms with Gasteiger partial charge in [0.15, 0.2) is 0 Å². The Morgan fingerprint density at radius 2 is 1.92 bits per heavy atom. The Morgan fingerprint density at radius 1 is 1.25 bits per heavy atom. The summed E-state index contributed by atoms with van der Waals surface area (Å²) >= 11 is 6.05. The number of rotatable bonds is 5. The van der Waals surface area contributed by atoms with Crippen LogP contribution in [0.1, 0.15) is 18.9 Å². The summed E-state index contributed by atoms with van der Waals surface area (Å²) in [6, 6.07) is 3.39. The van der Waals surface area contributed by atoms with Gasteiger partial charge in [-0.05, 0) is 25.1 Å². The van der Waals surface area contributed by atoms with Gasteiger partial charge >= 0.3 is 0 Å². The highest BCUT2D eigenvalue weighted by Gasteiger charge is 2.22. The van der Waals surface area contributed by atoms with Gasteiger partial charge in [0.2, 0.25) is 11.8 Å². The molecule has 1 aliphatic rings. The third-order valence-corrected chi connectivity index (χ3v) is 4.65. The molecule has 1 aromatic rings. The largest absolute Gasteiger partial charge is 0.495 e. The first-order valence-electron chi connectivity index (χ1n) is 8.08. The zero-order valence-corrected chi connectivity index (χ0v) is 15.2. The molecule has 1 saturated heterocycles. The molecule has 0 bridgehead atoms. The lowest BCUT2D eigenvalue weighted by molar-refractivity contribution is -0.136. The number of anilines is 1. The Morgan fingerprint density at radius 3 is 2.50 bits per heavy atom. The van der Waals surface area contributed by atoms with E-state index in [-0.39, 0.29) is 18.2 Å². The summed E-state index contributed by atoms with van der Waals surface area (Å²) in [6.45, 7) is 7.98. The summed E-state index contributed by atoms with van der Waals surface area (Å²) < 4.78 is 5.23. The molecular weight excluding hydrogens is 330 g/mol. The minimum atomic E-state index is -0.349. The zero-order valence-electron chi connectivity index (χ0n) is 14.4. The lowest BCUT2D eigenvalue weighted by Crippen LogP contribution is -2.49. The molecular formula is C17H24ClN3O3. The molecule has 1 N–H and O–H groups in total. The van der Waals surface area contributed by atoms with E-state index in [0.717, 1.165) is 25.2 Å². The second-order valence-electron chi connectivity index (χ2n) is 5.84. The number of aryl methyl sites for hydroxylation is 1. The number of nitrogens with one attached hydrogen (secondary N) is 1. The number of likely N-dealkylation sites (N-methyl/N-ethyl adjacent to an activating group) is 1. The number of carbonyl (C=O) groups excluding carboxylic acids is 2.